The summed E-state index contributed by atoms with van der Waals surface area (Å²) in [5.74, 6) is 0.292. The number of thioether (sulfide) groups is 1. The van der Waals surface area contributed by atoms with Crippen molar-refractivity contribution in [3.05, 3.63) is 34.4 Å². The van der Waals surface area contributed by atoms with Crippen molar-refractivity contribution in [2.45, 2.75) is 17.8 Å². The van der Waals surface area contributed by atoms with Gasteiger partial charge < -0.3 is 4.57 Å². The van der Waals surface area contributed by atoms with Crippen LogP contribution in [0.5, 0.6) is 0 Å². The van der Waals surface area contributed by atoms with Crippen LogP contribution in [0.3, 0.4) is 0 Å². The molecule has 10 heteroatoms. The second-order valence-electron chi connectivity index (χ2n) is 4.38. The Morgan fingerprint density at radius 2 is 1.91 bits per heavy atom. The third-order valence-electron chi connectivity index (χ3n) is 2.79. The summed E-state index contributed by atoms with van der Waals surface area (Å²) < 4.78 is 37.9. The molecule has 0 saturated carbocycles. The largest absolute Gasteiger partial charge is 0.389 e. The van der Waals surface area contributed by atoms with Crippen LogP contribution in [0, 0.1) is 10.1 Å². The van der Waals surface area contributed by atoms with Crippen LogP contribution < -0.4 is 0 Å². The number of hydrogen-bond acceptors (Lipinski definition) is 5. The van der Waals surface area contributed by atoms with Crippen LogP contribution in [0.4, 0.5) is 18.9 Å². The maximum absolute atomic E-state index is 12.1. The third kappa shape index (κ3) is 3.97. The Balaban J connectivity index is 2.11. The minimum absolute atomic E-state index is 0.0503. The van der Waals surface area contributed by atoms with Crippen molar-refractivity contribution in [3.63, 3.8) is 0 Å². The molecule has 0 unspecified atom stereocenters. The van der Waals surface area contributed by atoms with E-state index in [1.807, 2.05) is 0 Å². The average Bonchev–Trinajstić information content (AvgIpc) is 2.79. The number of non-ortho nitro benzene ring substituents is 1. The Bertz CT molecular complexity index is 670. The summed E-state index contributed by atoms with van der Waals surface area (Å²) in [4.78, 5) is 10.1. The van der Waals surface area contributed by atoms with Gasteiger partial charge in [-0.25, -0.2) is 0 Å². The topological polar surface area (TPSA) is 73.8 Å². The van der Waals surface area contributed by atoms with Gasteiger partial charge in [-0.15, -0.1) is 10.2 Å². The highest BCUT2D eigenvalue weighted by Gasteiger charge is 2.26. The molecule has 0 aliphatic carbocycles. The van der Waals surface area contributed by atoms with Crippen LogP contribution >= 0.6 is 11.8 Å². The molecule has 1 aromatic carbocycles. The van der Waals surface area contributed by atoms with Crippen molar-refractivity contribution < 1.29 is 18.1 Å². The van der Waals surface area contributed by atoms with Gasteiger partial charge in [-0.05, 0) is 12.1 Å². The Morgan fingerprint density at radius 3 is 2.45 bits per heavy atom. The van der Waals surface area contributed by atoms with E-state index in [1.165, 1.54) is 24.3 Å². The maximum Gasteiger partial charge on any atom is 0.389 e. The molecule has 118 valence electrons. The normalized spacial score (nSPS) is 11.6. The molecule has 0 bridgehead atoms. The summed E-state index contributed by atoms with van der Waals surface area (Å²) in [5, 5.41) is 18.7. The first-order valence-electron chi connectivity index (χ1n) is 6.12. The predicted molar refractivity (Wildman–Crippen MR) is 74.5 cm³/mol. The molecule has 0 spiro atoms. The standard InChI is InChI=1S/C12H11F3N4O2S/c1-18-10(8-2-4-9(5-3-8)19(20)21)16-17-11(18)22-7-6-12(13,14)15/h2-5H,6-7H2,1H3. The molecular weight excluding hydrogens is 321 g/mol. The van der Waals surface area contributed by atoms with E-state index in [0.29, 0.717) is 16.5 Å². The molecule has 0 saturated heterocycles. The molecule has 22 heavy (non-hydrogen) atoms. The zero-order valence-corrected chi connectivity index (χ0v) is 12.2. The number of halogens is 3. The molecule has 2 rings (SSSR count). The first kappa shape index (κ1) is 16.3. The number of rotatable bonds is 5. The van der Waals surface area contributed by atoms with Crippen molar-refractivity contribution in [2.24, 2.45) is 7.05 Å². The van der Waals surface area contributed by atoms with Crippen LogP contribution in [-0.4, -0.2) is 31.6 Å². The highest BCUT2D eigenvalue weighted by atomic mass is 32.2. The fourth-order valence-electron chi connectivity index (χ4n) is 1.68. The van der Waals surface area contributed by atoms with Crippen LogP contribution in [0.2, 0.25) is 0 Å². The van der Waals surface area contributed by atoms with Crippen LogP contribution in [-0.2, 0) is 7.05 Å². The molecule has 0 atom stereocenters. The summed E-state index contributed by atoms with van der Waals surface area (Å²) in [6, 6.07) is 5.71. The third-order valence-corrected chi connectivity index (χ3v) is 3.81. The highest BCUT2D eigenvalue weighted by Crippen LogP contribution is 2.27. The van der Waals surface area contributed by atoms with E-state index in [2.05, 4.69) is 10.2 Å². The van der Waals surface area contributed by atoms with E-state index in [-0.39, 0.29) is 11.4 Å². The van der Waals surface area contributed by atoms with Gasteiger partial charge in [0.2, 0.25) is 0 Å². The summed E-state index contributed by atoms with van der Waals surface area (Å²) in [6.07, 6.45) is -5.11. The quantitative estimate of drug-likeness (QED) is 0.476. The van der Waals surface area contributed by atoms with E-state index in [1.54, 1.807) is 11.6 Å². The zero-order valence-electron chi connectivity index (χ0n) is 11.4. The lowest BCUT2D eigenvalue weighted by Crippen LogP contribution is -2.08. The fraction of sp³-hybridized carbons (Fsp3) is 0.333. The molecule has 0 radical (unpaired) electrons. The van der Waals surface area contributed by atoms with Gasteiger partial charge >= 0.3 is 6.18 Å². The summed E-state index contributed by atoms with van der Waals surface area (Å²) >= 11 is 0.959. The summed E-state index contributed by atoms with van der Waals surface area (Å²) in [6.45, 7) is 0. The van der Waals surface area contributed by atoms with Gasteiger partial charge in [0.25, 0.3) is 5.69 Å². The number of nitro groups is 1. The fourth-order valence-corrected chi connectivity index (χ4v) is 2.58. The first-order valence-corrected chi connectivity index (χ1v) is 7.10. The molecule has 1 aromatic heterocycles. The molecule has 6 nitrogen and oxygen atoms in total. The lowest BCUT2D eigenvalue weighted by Gasteiger charge is -2.06. The Morgan fingerprint density at radius 1 is 1.27 bits per heavy atom. The summed E-state index contributed by atoms with van der Waals surface area (Å²) in [5.41, 5.74) is 0.550. The first-order chi connectivity index (χ1) is 10.3. The van der Waals surface area contributed by atoms with E-state index in [0.717, 1.165) is 11.8 Å². The number of alkyl halides is 3. The lowest BCUT2D eigenvalue weighted by molar-refractivity contribution is -0.384. The van der Waals surface area contributed by atoms with Crippen molar-refractivity contribution in [2.75, 3.05) is 5.75 Å². The van der Waals surface area contributed by atoms with Gasteiger partial charge in [-0.3, -0.25) is 10.1 Å². The van der Waals surface area contributed by atoms with Gasteiger partial charge in [-0.2, -0.15) is 13.2 Å². The number of hydrogen-bond donors (Lipinski definition) is 0. The van der Waals surface area contributed by atoms with E-state index < -0.39 is 17.5 Å². The molecule has 0 amide bonds. The molecular formula is C12H11F3N4O2S. The van der Waals surface area contributed by atoms with E-state index in [9.17, 15) is 23.3 Å². The Hall–Kier alpha value is -2.10. The minimum Gasteiger partial charge on any atom is -0.305 e. The zero-order chi connectivity index (χ0) is 16.3. The molecule has 0 N–H and O–H groups in total. The highest BCUT2D eigenvalue weighted by molar-refractivity contribution is 7.99. The van der Waals surface area contributed by atoms with Crippen molar-refractivity contribution in [3.8, 4) is 11.4 Å². The smallest absolute Gasteiger partial charge is 0.305 e. The van der Waals surface area contributed by atoms with Crippen molar-refractivity contribution in [1.82, 2.24) is 14.8 Å². The van der Waals surface area contributed by atoms with Crippen molar-refractivity contribution in [1.29, 1.82) is 0 Å². The van der Waals surface area contributed by atoms with Gasteiger partial charge in [0.1, 0.15) is 0 Å². The van der Waals surface area contributed by atoms with Gasteiger partial charge in [0.05, 0.1) is 11.3 Å². The molecule has 0 fully saturated rings. The second kappa shape index (κ2) is 6.34. The number of aromatic nitrogens is 3. The Kier molecular flexibility index (Phi) is 4.69. The number of benzene rings is 1. The lowest BCUT2D eigenvalue weighted by atomic mass is 10.2. The monoisotopic (exact) mass is 332 g/mol. The van der Waals surface area contributed by atoms with Crippen LogP contribution in [0.15, 0.2) is 29.4 Å². The van der Waals surface area contributed by atoms with E-state index in [4.69, 9.17) is 0 Å². The van der Waals surface area contributed by atoms with Crippen molar-refractivity contribution >= 4 is 17.4 Å². The van der Waals surface area contributed by atoms with E-state index >= 15 is 0 Å². The molecule has 0 aliphatic heterocycles. The number of nitrogens with zero attached hydrogens (tertiary/aromatic N) is 4. The second-order valence-corrected chi connectivity index (χ2v) is 5.44. The van der Waals surface area contributed by atoms with Gasteiger partial charge in [0.15, 0.2) is 11.0 Å². The number of nitro benzene ring substituents is 1. The average molecular weight is 332 g/mol. The molecule has 0 aliphatic rings. The van der Waals surface area contributed by atoms with Crippen LogP contribution in [0.25, 0.3) is 11.4 Å². The predicted octanol–water partition coefficient (Wildman–Crippen LogP) is 3.43. The molecule has 1 heterocycles. The maximum atomic E-state index is 12.1. The summed E-state index contributed by atoms with van der Waals surface area (Å²) in [7, 11) is 1.63. The molecule has 2 aromatic rings. The minimum atomic E-state index is -4.20. The SMILES string of the molecule is Cn1c(SCCC(F)(F)F)nnc1-c1ccc([N+](=O)[O-])cc1. The van der Waals surface area contributed by atoms with Crippen LogP contribution in [0.1, 0.15) is 6.42 Å². The van der Waals surface area contributed by atoms with Gasteiger partial charge in [0, 0.05) is 30.5 Å². The Labute approximate surface area is 127 Å². The van der Waals surface area contributed by atoms with Gasteiger partial charge in [-0.1, -0.05) is 11.8 Å².